The van der Waals surface area contributed by atoms with Crippen molar-refractivity contribution in [1.29, 1.82) is 0 Å². The number of allylic oxidation sites excluding steroid dienone is 4. The number of epoxide rings is 2. The van der Waals surface area contributed by atoms with Crippen molar-refractivity contribution in [2.24, 2.45) is 0 Å². The molecular weight excluding hydrogens is 284 g/mol. The SMILES string of the molecule is C=CCCC[C@H]1O[C@@H]1C/C=C\C/C=C\C[C@H]1O[C@@H]1C/C=C\CC. The summed E-state index contributed by atoms with van der Waals surface area (Å²) in [5, 5.41) is 0. The molecule has 2 fully saturated rings. The monoisotopic (exact) mass is 316 g/mol. The third kappa shape index (κ3) is 7.81. The lowest BCUT2D eigenvalue weighted by Gasteiger charge is -1.91. The van der Waals surface area contributed by atoms with Crippen molar-refractivity contribution in [3.63, 3.8) is 0 Å². The zero-order valence-corrected chi connectivity index (χ0v) is 14.5. The van der Waals surface area contributed by atoms with Crippen molar-refractivity contribution < 1.29 is 9.47 Å². The van der Waals surface area contributed by atoms with Gasteiger partial charge >= 0.3 is 0 Å². The maximum atomic E-state index is 5.66. The molecule has 4 atom stereocenters. The normalized spacial score (nSPS) is 29.8. The van der Waals surface area contributed by atoms with E-state index in [1.54, 1.807) is 0 Å². The molecule has 0 saturated carbocycles. The first kappa shape index (κ1) is 18.2. The molecule has 2 aliphatic heterocycles. The van der Waals surface area contributed by atoms with Crippen LogP contribution >= 0.6 is 0 Å². The third-order valence-corrected chi connectivity index (χ3v) is 4.39. The number of rotatable bonds is 13. The van der Waals surface area contributed by atoms with E-state index in [0.717, 1.165) is 38.5 Å². The largest absolute Gasteiger partial charge is 0.369 e. The van der Waals surface area contributed by atoms with Gasteiger partial charge in [-0.1, -0.05) is 49.5 Å². The van der Waals surface area contributed by atoms with Crippen molar-refractivity contribution in [2.75, 3.05) is 0 Å². The molecule has 0 spiro atoms. The van der Waals surface area contributed by atoms with Crippen LogP contribution in [-0.2, 0) is 9.47 Å². The van der Waals surface area contributed by atoms with Gasteiger partial charge in [0.2, 0.25) is 0 Å². The molecular formula is C21H32O2. The Labute approximate surface area is 141 Å². The second kappa shape index (κ2) is 10.6. The summed E-state index contributed by atoms with van der Waals surface area (Å²) in [7, 11) is 0. The van der Waals surface area contributed by atoms with Crippen LogP contribution in [0, 0.1) is 0 Å². The lowest BCUT2D eigenvalue weighted by Crippen LogP contribution is -1.92. The Hall–Kier alpha value is -1.12. The smallest absolute Gasteiger partial charge is 0.0879 e. The molecule has 0 aromatic rings. The van der Waals surface area contributed by atoms with E-state index in [0.29, 0.717) is 24.4 Å². The van der Waals surface area contributed by atoms with Crippen LogP contribution in [0.25, 0.3) is 0 Å². The van der Waals surface area contributed by atoms with E-state index in [1.165, 1.54) is 12.8 Å². The van der Waals surface area contributed by atoms with Crippen LogP contribution in [0.4, 0.5) is 0 Å². The second-order valence-corrected chi connectivity index (χ2v) is 6.41. The summed E-state index contributed by atoms with van der Waals surface area (Å²) in [5.41, 5.74) is 0. The summed E-state index contributed by atoms with van der Waals surface area (Å²) in [6.45, 7) is 5.91. The van der Waals surface area contributed by atoms with Crippen LogP contribution in [0.3, 0.4) is 0 Å². The van der Waals surface area contributed by atoms with Crippen LogP contribution < -0.4 is 0 Å². The van der Waals surface area contributed by atoms with Crippen molar-refractivity contribution in [3.05, 3.63) is 49.1 Å². The average Bonchev–Trinajstić information content (AvgIpc) is 3.45. The molecule has 0 aromatic heterocycles. The average molecular weight is 316 g/mol. The summed E-state index contributed by atoms with van der Waals surface area (Å²) >= 11 is 0. The molecule has 2 nitrogen and oxygen atoms in total. The highest BCUT2D eigenvalue weighted by Crippen LogP contribution is 2.30. The first-order valence-corrected chi connectivity index (χ1v) is 9.22. The Bertz CT molecular complexity index is 422. The number of hydrogen-bond donors (Lipinski definition) is 0. The summed E-state index contributed by atoms with van der Waals surface area (Å²) in [4.78, 5) is 0. The fraction of sp³-hybridized carbons (Fsp3) is 0.619. The quantitative estimate of drug-likeness (QED) is 0.254. The van der Waals surface area contributed by atoms with E-state index in [2.05, 4.69) is 50.0 Å². The number of unbranched alkanes of at least 4 members (excludes halogenated alkanes) is 1. The number of ether oxygens (including phenoxy) is 2. The predicted molar refractivity (Wildman–Crippen MR) is 97.5 cm³/mol. The van der Waals surface area contributed by atoms with Crippen LogP contribution in [0.5, 0.6) is 0 Å². The van der Waals surface area contributed by atoms with Gasteiger partial charge in [0.1, 0.15) is 0 Å². The minimum absolute atomic E-state index is 0.452. The van der Waals surface area contributed by atoms with Gasteiger partial charge in [-0.05, 0) is 51.4 Å². The van der Waals surface area contributed by atoms with Gasteiger partial charge in [0.15, 0.2) is 0 Å². The Morgan fingerprint density at radius 3 is 1.96 bits per heavy atom. The van der Waals surface area contributed by atoms with Crippen molar-refractivity contribution >= 4 is 0 Å². The first-order valence-electron chi connectivity index (χ1n) is 9.22. The second-order valence-electron chi connectivity index (χ2n) is 6.41. The highest BCUT2D eigenvalue weighted by atomic mass is 16.6. The number of hydrogen-bond acceptors (Lipinski definition) is 2. The Balaban J connectivity index is 1.42. The molecule has 0 bridgehead atoms. The van der Waals surface area contributed by atoms with E-state index in [1.807, 2.05) is 6.08 Å². The van der Waals surface area contributed by atoms with Gasteiger partial charge in [-0.15, -0.1) is 6.58 Å². The molecule has 2 saturated heterocycles. The van der Waals surface area contributed by atoms with E-state index in [9.17, 15) is 0 Å². The highest BCUT2D eigenvalue weighted by molar-refractivity contribution is 5.01. The Kier molecular flexibility index (Phi) is 8.41. The fourth-order valence-electron chi connectivity index (χ4n) is 2.83. The Morgan fingerprint density at radius 1 is 0.783 bits per heavy atom. The highest BCUT2D eigenvalue weighted by Gasteiger charge is 2.36. The fourth-order valence-corrected chi connectivity index (χ4v) is 2.83. The van der Waals surface area contributed by atoms with Gasteiger partial charge in [0.05, 0.1) is 24.4 Å². The lowest BCUT2D eigenvalue weighted by molar-refractivity contribution is 0.361. The van der Waals surface area contributed by atoms with Crippen molar-refractivity contribution in [2.45, 2.75) is 82.7 Å². The maximum Gasteiger partial charge on any atom is 0.0879 e. The molecule has 2 heteroatoms. The minimum atomic E-state index is 0.452. The molecule has 2 rings (SSSR count). The van der Waals surface area contributed by atoms with E-state index < -0.39 is 0 Å². The molecule has 0 radical (unpaired) electrons. The molecule has 0 N–H and O–H groups in total. The van der Waals surface area contributed by atoms with Crippen LogP contribution in [0.1, 0.15) is 58.3 Å². The predicted octanol–water partition coefficient (Wildman–Crippen LogP) is 5.52. The molecule has 0 aliphatic carbocycles. The molecule has 0 unspecified atom stereocenters. The van der Waals surface area contributed by atoms with E-state index in [4.69, 9.17) is 9.47 Å². The summed E-state index contributed by atoms with van der Waals surface area (Å²) in [6.07, 6.45) is 26.1. The zero-order valence-electron chi connectivity index (χ0n) is 14.5. The van der Waals surface area contributed by atoms with E-state index in [-0.39, 0.29) is 0 Å². The third-order valence-electron chi connectivity index (χ3n) is 4.39. The molecule has 23 heavy (non-hydrogen) atoms. The van der Waals surface area contributed by atoms with Gasteiger partial charge in [0, 0.05) is 0 Å². The van der Waals surface area contributed by atoms with Crippen LogP contribution in [0.15, 0.2) is 49.1 Å². The van der Waals surface area contributed by atoms with Gasteiger partial charge in [-0.2, -0.15) is 0 Å². The summed E-state index contributed by atoms with van der Waals surface area (Å²) in [5.74, 6) is 0. The summed E-state index contributed by atoms with van der Waals surface area (Å²) < 4.78 is 11.3. The lowest BCUT2D eigenvalue weighted by atomic mass is 10.1. The maximum absolute atomic E-state index is 5.66. The Morgan fingerprint density at radius 2 is 1.35 bits per heavy atom. The van der Waals surface area contributed by atoms with Crippen molar-refractivity contribution in [1.82, 2.24) is 0 Å². The standard InChI is InChI=1S/C21H32O2/c1-3-5-10-14-18-20(22-18)16-12-8-7-9-13-17-21-19(23-21)15-11-6-4-2/h3,6,8-9,11-13,18-21H,1,4-5,7,10,14-17H2,2H3/b11-6-,12-8-,13-9-/t18-,19-,20-,21-/m1/s1. The molecule has 2 aliphatic rings. The topological polar surface area (TPSA) is 25.1 Å². The van der Waals surface area contributed by atoms with Gasteiger partial charge in [-0.25, -0.2) is 0 Å². The molecule has 2 heterocycles. The van der Waals surface area contributed by atoms with Crippen LogP contribution in [-0.4, -0.2) is 24.4 Å². The van der Waals surface area contributed by atoms with E-state index >= 15 is 0 Å². The van der Waals surface area contributed by atoms with Gasteiger partial charge in [0.25, 0.3) is 0 Å². The molecule has 0 aromatic carbocycles. The first-order chi connectivity index (χ1) is 11.3. The van der Waals surface area contributed by atoms with Gasteiger partial charge in [-0.3, -0.25) is 0 Å². The van der Waals surface area contributed by atoms with Crippen molar-refractivity contribution in [3.8, 4) is 0 Å². The van der Waals surface area contributed by atoms with Gasteiger partial charge < -0.3 is 9.47 Å². The molecule has 0 amide bonds. The van der Waals surface area contributed by atoms with Crippen LogP contribution in [0.2, 0.25) is 0 Å². The zero-order chi connectivity index (χ0) is 16.3. The minimum Gasteiger partial charge on any atom is -0.369 e. The molecule has 128 valence electrons. The summed E-state index contributed by atoms with van der Waals surface area (Å²) in [6, 6.07) is 0.